The molecule has 2 fully saturated rings. The lowest BCUT2D eigenvalue weighted by molar-refractivity contribution is 0.201. The summed E-state index contributed by atoms with van der Waals surface area (Å²) in [5, 5.41) is 12.3. The average Bonchev–Trinajstić information content (AvgIpc) is 2.47. The van der Waals surface area contributed by atoms with Crippen LogP contribution in [0.2, 0.25) is 0 Å². The first-order valence-corrected chi connectivity index (χ1v) is 4.27. The third kappa shape index (κ3) is 1.27. The molecule has 3 atom stereocenters. The monoisotopic (exact) mass is 157 g/mol. The maximum absolute atomic E-state index is 8.97. The van der Waals surface area contributed by atoms with Gasteiger partial charge in [0.1, 0.15) is 0 Å². The number of hydrazine groups is 1. The minimum atomic E-state index is 0.232. The molecule has 64 valence electrons. The van der Waals surface area contributed by atoms with Crippen LogP contribution in [0.15, 0.2) is 0 Å². The Kier molecular flexibility index (Phi) is 2.09. The maximum atomic E-state index is 8.97. The molecule has 0 aliphatic carbocycles. The Labute approximate surface area is 66.3 Å². The predicted molar refractivity (Wildman–Crippen MR) is 41.7 cm³/mol. The fraction of sp³-hybridized carbons (Fsp3) is 1.00. The van der Waals surface area contributed by atoms with Gasteiger partial charge in [0.05, 0.1) is 18.8 Å². The van der Waals surface area contributed by atoms with Crippen molar-refractivity contribution in [2.45, 2.75) is 25.0 Å². The smallest absolute Gasteiger partial charge is 0.0749 e. The van der Waals surface area contributed by atoms with Crippen LogP contribution in [-0.2, 0) is 0 Å². The van der Waals surface area contributed by atoms with Gasteiger partial charge < -0.3 is 10.4 Å². The van der Waals surface area contributed by atoms with Crippen LogP contribution in [0.3, 0.4) is 0 Å². The second-order valence-electron chi connectivity index (χ2n) is 3.32. The van der Waals surface area contributed by atoms with Gasteiger partial charge in [-0.3, -0.25) is 5.43 Å². The molecule has 11 heavy (non-hydrogen) atoms. The molecule has 0 amide bonds. The Morgan fingerprint density at radius 3 is 3.09 bits per heavy atom. The third-order valence-corrected chi connectivity index (χ3v) is 2.64. The van der Waals surface area contributed by atoms with Crippen molar-refractivity contribution in [1.82, 2.24) is 16.2 Å². The van der Waals surface area contributed by atoms with Gasteiger partial charge in [-0.1, -0.05) is 0 Å². The topological polar surface area (TPSA) is 56.3 Å². The zero-order valence-electron chi connectivity index (χ0n) is 6.51. The van der Waals surface area contributed by atoms with Crippen molar-refractivity contribution in [2.24, 2.45) is 5.92 Å². The van der Waals surface area contributed by atoms with Gasteiger partial charge in [-0.25, -0.2) is 5.43 Å². The van der Waals surface area contributed by atoms with Crippen LogP contribution in [0, 0.1) is 5.92 Å². The van der Waals surface area contributed by atoms with E-state index in [-0.39, 0.29) is 12.6 Å². The Morgan fingerprint density at radius 2 is 2.27 bits per heavy atom. The SMILES string of the molecule is OCC1NN[C@@H]2NCCC[C@H]12. The van der Waals surface area contributed by atoms with Crippen molar-refractivity contribution in [3.05, 3.63) is 0 Å². The van der Waals surface area contributed by atoms with E-state index in [2.05, 4.69) is 16.2 Å². The van der Waals surface area contributed by atoms with Gasteiger partial charge in [-0.2, -0.15) is 0 Å². The maximum Gasteiger partial charge on any atom is 0.0749 e. The molecule has 2 aliphatic heterocycles. The normalized spacial score (nSPS) is 43.9. The van der Waals surface area contributed by atoms with E-state index in [9.17, 15) is 0 Å². The second kappa shape index (κ2) is 3.06. The lowest BCUT2D eigenvalue weighted by Crippen LogP contribution is -2.47. The Morgan fingerprint density at radius 1 is 1.36 bits per heavy atom. The van der Waals surface area contributed by atoms with Crippen molar-refractivity contribution in [2.75, 3.05) is 13.2 Å². The molecule has 0 spiro atoms. The summed E-state index contributed by atoms with van der Waals surface area (Å²) < 4.78 is 0. The number of nitrogens with one attached hydrogen (secondary N) is 3. The van der Waals surface area contributed by atoms with Crippen molar-refractivity contribution in [3.63, 3.8) is 0 Å². The lowest BCUT2D eigenvalue weighted by atomic mass is 9.91. The summed E-state index contributed by atoms with van der Waals surface area (Å²) in [6.45, 7) is 1.32. The van der Waals surface area contributed by atoms with E-state index < -0.39 is 0 Å². The van der Waals surface area contributed by atoms with Crippen LogP contribution in [0.5, 0.6) is 0 Å². The standard InChI is InChI=1S/C7H15N3O/c11-4-6-5-2-1-3-8-7(5)10-9-6/h5-11H,1-4H2/t5-,6?,7+/m1/s1. The van der Waals surface area contributed by atoms with Crippen LogP contribution in [0.1, 0.15) is 12.8 Å². The number of aliphatic hydroxyl groups is 1. The number of hydrogen-bond donors (Lipinski definition) is 4. The first kappa shape index (κ1) is 7.49. The highest BCUT2D eigenvalue weighted by Crippen LogP contribution is 2.21. The molecular weight excluding hydrogens is 142 g/mol. The second-order valence-corrected chi connectivity index (χ2v) is 3.32. The molecule has 2 saturated heterocycles. The Balaban J connectivity index is 1.98. The van der Waals surface area contributed by atoms with Gasteiger partial charge in [-0.05, 0) is 19.4 Å². The highest BCUT2D eigenvalue weighted by molar-refractivity contribution is 4.91. The first-order chi connectivity index (χ1) is 5.42. The zero-order valence-corrected chi connectivity index (χ0v) is 6.51. The largest absolute Gasteiger partial charge is 0.395 e. The molecule has 0 radical (unpaired) electrons. The molecular formula is C7H15N3O. The number of hydrogen-bond acceptors (Lipinski definition) is 4. The summed E-state index contributed by atoms with van der Waals surface area (Å²) in [5.74, 6) is 0.564. The zero-order chi connectivity index (χ0) is 7.68. The molecule has 0 aromatic rings. The van der Waals surface area contributed by atoms with Crippen molar-refractivity contribution >= 4 is 0 Å². The lowest BCUT2D eigenvalue weighted by Gasteiger charge is -2.27. The van der Waals surface area contributed by atoms with E-state index in [0.717, 1.165) is 6.54 Å². The summed E-state index contributed by atoms with van der Waals surface area (Å²) in [6.07, 6.45) is 2.81. The minimum Gasteiger partial charge on any atom is -0.395 e. The minimum absolute atomic E-state index is 0.232. The van der Waals surface area contributed by atoms with Gasteiger partial charge in [0, 0.05) is 5.92 Å². The molecule has 2 heterocycles. The molecule has 2 rings (SSSR count). The van der Waals surface area contributed by atoms with Crippen LogP contribution < -0.4 is 16.2 Å². The summed E-state index contributed by atoms with van der Waals surface area (Å²) in [7, 11) is 0. The quantitative estimate of drug-likeness (QED) is 0.385. The summed E-state index contributed by atoms with van der Waals surface area (Å²) in [5.41, 5.74) is 6.22. The van der Waals surface area contributed by atoms with Gasteiger partial charge in [0.2, 0.25) is 0 Å². The molecule has 4 heteroatoms. The average molecular weight is 157 g/mol. The molecule has 2 aliphatic rings. The number of aliphatic hydroxyl groups excluding tert-OH is 1. The van der Waals surface area contributed by atoms with Gasteiger partial charge >= 0.3 is 0 Å². The van der Waals surface area contributed by atoms with E-state index in [0.29, 0.717) is 12.1 Å². The summed E-state index contributed by atoms with van der Waals surface area (Å²) in [4.78, 5) is 0. The Bertz CT molecular complexity index is 136. The first-order valence-electron chi connectivity index (χ1n) is 4.27. The summed E-state index contributed by atoms with van der Waals surface area (Å²) in [6, 6.07) is 0.243. The van der Waals surface area contributed by atoms with E-state index in [1.165, 1.54) is 12.8 Å². The molecule has 1 unspecified atom stereocenters. The van der Waals surface area contributed by atoms with Gasteiger partial charge in [0.15, 0.2) is 0 Å². The van der Waals surface area contributed by atoms with Crippen molar-refractivity contribution in [1.29, 1.82) is 0 Å². The number of fused-ring (bicyclic) bond motifs is 1. The molecule has 0 aromatic carbocycles. The fourth-order valence-corrected chi connectivity index (χ4v) is 1.99. The number of rotatable bonds is 1. The third-order valence-electron chi connectivity index (χ3n) is 2.64. The van der Waals surface area contributed by atoms with Gasteiger partial charge in [0.25, 0.3) is 0 Å². The molecule has 0 bridgehead atoms. The summed E-state index contributed by atoms with van der Waals surface area (Å²) >= 11 is 0. The van der Waals surface area contributed by atoms with E-state index in [1.54, 1.807) is 0 Å². The van der Waals surface area contributed by atoms with Crippen LogP contribution in [-0.4, -0.2) is 30.5 Å². The van der Waals surface area contributed by atoms with Crippen LogP contribution >= 0.6 is 0 Å². The highest BCUT2D eigenvalue weighted by Gasteiger charge is 2.36. The van der Waals surface area contributed by atoms with Crippen molar-refractivity contribution < 1.29 is 5.11 Å². The molecule has 0 saturated carbocycles. The number of piperidine rings is 1. The highest BCUT2D eigenvalue weighted by atomic mass is 16.3. The van der Waals surface area contributed by atoms with E-state index >= 15 is 0 Å². The predicted octanol–water partition coefficient (Wildman–Crippen LogP) is -1.22. The van der Waals surface area contributed by atoms with Gasteiger partial charge in [-0.15, -0.1) is 0 Å². The van der Waals surface area contributed by atoms with Crippen LogP contribution in [0.25, 0.3) is 0 Å². The van der Waals surface area contributed by atoms with E-state index in [1.807, 2.05) is 0 Å². The molecule has 0 aromatic heterocycles. The van der Waals surface area contributed by atoms with E-state index in [4.69, 9.17) is 5.11 Å². The molecule has 4 N–H and O–H groups in total. The molecule has 4 nitrogen and oxygen atoms in total. The van der Waals surface area contributed by atoms with Crippen LogP contribution in [0.4, 0.5) is 0 Å². The fourth-order valence-electron chi connectivity index (χ4n) is 1.99. The Hall–Kier alpha value is -0.160. The van der Waals surface area contributed by atoms with Crippen molar-refractivity contribution in [3.8, 4) is 0 Å².